The summed E-state index contributed by atoms with van der Waals surface area (Å²) in [5.41, 5.74) is 1.78. The Hall–Kier alpha value is -4.49. The van der Waals surface area contributed by atoms with E-state index >= 15 is 0 Å². The second-order valence-electron chi connectivity index (χ2n) is 12.3. The van der Waals surface area contributed by atoms with Gasteiger partial charge in [0.15, 0.2) is 6.61 Å². The van der Waals surface area contributed by atoms with Crippen LogP contribution in [0.4, 0.5) is 14.5 Å². The molecule has 2 fully saturated rings. The number of hydrogen-bond acceptors (Lipinski definition) is 7. The molecule has 4 atom stereocenters. The lowest BCUT2D eigenvalue weighted by Crippen LogP contribution is -2.57. The van der Waals surface area contributed by atoms with E-state index < -0.39 is 52.9 Å². The smallest absolute Gasteiger partial charge is 0.326 e. The first kappa shape index (κ1) is 35.8. The van der Waals surface area contributed by atoms with Crippen molar-refractivity contribution in [3.05, 3.63) is 95.6 Å². The quantitative estimate of drug-likeness (QED) is 0.164. The van der Waals surface area contributed by atoms with Crippen molar-refractivity contribution in [2.75, 3.05) is 23.8 Å². The van der Waals surface area contributed by atoms with Gasteiger partial charge in [-0.2, -0.15) is 0 Å². The molecule has 3 amide bonds. The minimum absolute atomic E-state index is 0.182. The molecule has 0 spiro atoms. The van der Waals surface area contributed by atoms with E-state index in [4.69, 9.17) is 4.74 Å². The van der Waals surface area contributed by atoms with E-state index in [0.29, 0.717) is 23.4 Å². The van der Waals surface area contributed by atoms with E-state index in [1.807, 2.05) is 0 Å². The van der Waals surface area contributed by atoms with Crippen LogP contribution in [0.2, 0.25) is 0 Å². The van der Waals surface area contributed by atoms with Crippen LogP contribution >= 0.6 is 11.8 Å². The number of carbonyl (C=O) groups excluding carboxylic acids is 3. The molecule has 10 nitrogen and oxygen atoms in total. The zero-order valence-corrected chi connectivity index (χ0v) is 27.5. The number of benzene rings is 3. The fraction of sp³-hybridized carbons (Fsp3) is 0.389. The van der Waals surface area contributed by atoms with Crippen LogP contribution in [0.15, 0.2) is 72.8 Å². The number of β-lactam (4-membered cyclic amide) rings is 1. The first-order chi connectivity index (χ1) is 23.6. The molecule has 2 aliphatic rings. The molecule has 3 aromatic carbocycles. The molecule has 1 saturated carbocycles. The number of aliphatic hydroxyl groups excluding tert-OH is 1. The van der Waals surface area contributed by atoms with Crippen molar-refractivity contribution in [3.8, 4) is 5.75 Å². The minimum atomic E-state index is -1.10. The van der Waals surface area contributed by atoms with Crippen molar-refractivity contribution in [3.63, 3.8) is 0 Å². The molecule has 4 N–H and O–H groups in total. The van der Waals surface area contributed by atoms with Crippen LogP contribution in [0.3, 0.4) is 0 Å². The fourth-order valence-corrected chi connectivity index (χ4v) is 7.48. The molecule has 0 radical (unpaired) electrons. The maximum atomic E-state index is 13.6. The van der Waals surface area contributed by atoms with Crippen LogP contribution in [-0.4, -0.2) is 64.1 Å². The van der Waals surface area contributed by atoms with E-state index in [1.54, 1.807) is 29.2 Å². The number of halogens is 2. The topological polar surface area (TPSA) is 145 Å². The maximum Gasteiger partial charge on any atom is 0.326 e. The molecule has 260 valence electrons. The molecule has 1 heterocycles. The fourth-order valence-electron chi connectivity index (χ4n) is 6.18. The Balaban J connectivity index is 1.15. The number of ether oxygens (including phenoxy) is 1. The summed E-state index contributed by atoms with van der Waals surface area (Å²) < 4.78 is 32.6. The highest BCUT2D eigenvalue weighted by molar-refractivity contribution is 8.00. The molecule has 1 aliphatic heterocycles. The van der Waals surface area contributed by atoms with Crippen molar-refractivity contribution in [1.82, 2.24) is 10.6 Å². The molecular formula is C36H39F2N3O7S. The predicted molar refractivity (Wildman–Crippen MR) is 180 cm³/mol. The number of amides is 3. The van der Waals surface area contributed by atoms with Crippen molar-refractivity contribution in [2.45, 2.75) is 62.0 Å². The zero-order chi connectivity index (χ0) is 34.9. The molecule has 0 bridgehead atoms. The number of aliphatic carboxylic acids is 1. The SMILES string of the molecule is O=C(COc1ccc([C@@H]2[C@@H](SC[C@@H](O)c3ccc(F)cc3)C(=O)N2c2ccc(F)cc2)cc1)NCC(=O)N[C@H](CC1CCCCC1)C(=O)O. The number of rotatable bonds is 15. The molecule has 13 heteroatoms. The van der Waals surface area contributed by atoms with Crippen LogP contribution in [0.25, 0.3) is 0 Å². The standard InChI is InChI=1S/C36H39F2N3O7S/c37-25-10-6-23(7-11-25)30(42)21-49-34-33(41(35(34)45)27-14-12-26(38)13-15-27)24-8-16-28(17-9-24)48-20-32(44)39-19-31(43)40-29(36(46)47)18-22-4-2-1-3-5-22/h6-17,22,29-30,33-34,42H,1-5,18-21H2,(H,39,44)(H,40,43)(H,46,47)/t29-,30-,33-,34-/m1/s1. The lowest BCUT2D eigenvalue weighted by Gasteiger charge is -2.47. The lowest BCUT2D eigenvalue weighted by atomic mass is 9.85. The number of thioether (sulfide) groups is 1. The molecule has 49 heavy (non-hydrogen) atoms. The summed E-state index contributed by atoms with van der Waals surface area (Å²) in [6.45, 7) is -0.778. The first-order valence-corrected chi connectivity index (χ1v) is 17.3. The molecular weight excluding hydrogens is 656 g/mol. The van der Waals surface area contributed by atoms with E-state index in [0.717, 1.165) is 37.7 Å². The Morgan fingerprint density at radius 3 is 2.16 bits per heavy atom. The molecule has 3 aromatic rings. The number of nitrogens with zero attached hydrogens (tertiary/aromatic N) is 1. The van der Waals surface area contributed by atoms with Crippen LogP contribution in [-0.2, 0) is 19.2 Å². The van der Waals surface area contributed by atoms with Crippen LogP contribution in [0.1, 0.15) is 61.8 Å². The number of hydrogen-bond donors (Lipinski definition) is 4. The van der Waals surface area contributed by atoms with E-state index in [1.165, 1.54) is 60.3 Å². The molecule has 0 aromatic heterocycles. The van der Waals surface area contributed by atoms with Gasteiger partial charge in [0.2, 0.25) is 11.8 Å². The summed E-state index contributed by atoms with van der Waals surface area (Å²) in [6, 6.07) is 16.4. The summed E-state index contributed by atoms with van der Waals surface area (Å²) in [5, 5.41) is 24.6. The number of aliphatic hydroxyl groups is 1. The molecule has 0 unspecified atom stereocenters. The number of carboxylic acids is 1. The monoisotopic (exact) mass is 695 g/mol. The van der Waals surface area contributed by atoms with Crippen LogP contribution in [0.5, 0.6) is 5.75 Å². The number of carboxylic acid groups (broad SMARTS) is 1. The summed E-state index contributed by atoms with van der Waals surface area (Å²) in [6.07, 6.45) is 4.59. The van der Waals surface area contributed by atoms with Gasteiger partial charge in [-0.15, -0.1) is 11.8 Å². The average molecular weight is 696 g/mol. The Morgan fingerprint density at radius 2 is 1.53 bits per heavy atom. The van der Waals surface area contributed by atoms with Crippen LogP contribution < -0.4 is 20.3 Å². The highest BCUT2D eigenvalue weighted by atomic mass is 32.2. The second-order valence-corrected chi connectivity index (χ2v) is 13.5. The van der Waals surface area contributed by atoms with Gasteiger partial charge in [0, 0.05) is 11.4 Å². The molecule has 5 rings (SSSR count). The van der Waals surface area contributed by atoms with Gasteiger partial charge in [0.1, 0.15) is 28.7 Å². The lowest BCUT2D eigenvalue weighted by molar-refractivity contribution is -0.142. The zero-order valence-electron chi connectivity index (χ0n) is 26.7. The van der Waals surface area contributed by atoms with E-state index in [2.05, 4.69) is 10.6 Å². The van der Waals surface area contributed by atoms with E-state index in [-0.39, 0.29) is 30.7 Å². The third kappa shape index (κ3) is 9.57. The van der Waals surface area contributed by atoms with Gasteiger partial charge in [-0.1, -0.05) is 56.4 Å². The second kappa shape index (κ2) is 16.8. The van der Waals surface area contributed by atoms with Gasteiger partial charge in [-0.05, 0) is 72.0 Å². The summed E-state index contributed by atoms with van der Waals surface area (Å²) in [7, 11) is 0. The highest BCUT2D eigenvalue weighted by Crippen LogP contribution is 2.46. The Morgan fingerprint density at radius 1 is 0.898 bits per heavy atom. The summed E-state index contributed by atoms with van der Waals surface area (Å²) in [4.78, 5) is 51.3. The van der Waals surface area contributed by atoms with Gasteiger partial charge in [-0.25, -0.2) is 13.6 Å². The molecule has 1 aliphatic carbocycles. The number of anilines is 1. The van der Waals surface area contributed by atoms with Crippen LogP contribution in [0, 0.1) is 17.6 Å². The van der Waals surface area contributed by atoms with Crippen molar-refractivity contribution < 1.29 is 42.9 Å². The largest absolute Gasteiger partial charge is 0.484 e. The van der Waals surface area contributed by atoms with Crippen molar-refractivity contribution in [2.24, 2.45) is 5.92 Å². The maximum absolute atomic E-state index is 13.6. The predicted octanol–water partition coefficient (Wildman–Crippen LogP) is 4.92. The van der Waals surface area contributed by atoms with Gasteiger partial charge in [-0.3, -0.25) is 14.4 Å². The average Bonchev–Trinajstić information content (AvgIpc) is 3.10. The Labute approximate surface area is 287 Å². The number of carbonyl (C=O) groups is 4. The minimum Gasteiger partial charge on any atom is -0.484 e. The summed E-state index contributed by atoms with van der Waals surface area (Å²) >= 11 is 1.26. The van der Waals surface area contributed by atoms with Gasteiger partial charge in [0.25, 0.3) is 5.91 Å². The summed E-state index contributed by atoms with van der Waals surface area (Å²) in [5.74, 6) is -2.54. The molecule has 1 saturated heterocycles. The number of nitrogens with one attached hydrogen (secondary N) is 2. The Bertz CT molecular complexity index is 1600. The highest BCUT2D eigenvalue weighted by Gasteiger charge is 2.49. The Kier molecular flexibility index (Phi) is 12.2. The van der Waals surface area contributed by atoms with E-state index in [9.17, 15) is 38.2 Å². The normalized spacial score (nSPS) is 19.0. The van der Waals surface area contributed by atoms with Gasteiger partial charge in [0.05, 0.1) is 18.7 Å². The van der Waals surface area contributed by atoms with Gasteiger partial charge >= 0.3 is 5.97 Å². The third-order valence-corrected chi connectivity index (χ3v) is 10.1. The van der Waals surface area contributed by atoms with Crippen molar-refractivity contribution >= 4 is 41.1 Å². The third-order valence-electron chi connectivity index (χ3n) is 8.80. The first-order valence-electron chi connectivity index (χ1n) is 16.2. The van der Waals surface area contributed by atoms with Gasteiger partial charge < -0.3 is 30.5 Å². The van der Waals surface area contributed by atoms with Crippen molar-refractivity contribution in [1.29, 1.82) is 0 Å².